The molecule has 0 aliphatic rings. The van der Waals surface area contributed by atoms with Crippen molar-refractivity contribution in [2.45, 2.75) is 6.61 Å². The van der Waals surface area contributed by atoms with Gasteiger partial charge in [-0.05, 0) is 88.3 Å². The first-order chi connectivity index (χ1) is 14.0. The van der Waals surface area contributed by atoms with E-state index in [4.69, 9.17) is 4.74 Å². The molecule has 0 saturated carbocycles. The van der Waals surface area contributed by atoms with Crippen LogP contribution in [0.3, 0.4) is 0 Å². The van der Waals surface area contributed by atoms with Crippen molar-refractivity contribution in [2.24, 2.45) is 5.10 Å². The van der Waals surface area contributed by atoms with Crippen molar-refractivity contribution in [3.63, 3.8) is 0 Å². The number of rotatable bonds is 7. The lowest BCUT2D eigenvalue weighted by Gasteiger charge is -2.12. The van der Waals surface area contributed by atoms with Gasteiger partial charge in [-0.2, -0.15) is 5.10 Å². The molecule has 0 aliphatic heterocycles. The van der Waals surface area contributed by atoms with Gasteiger partial charge in [0.1, 0.15) is 12.4 Å². The second-order valence-corrected chi connectivity index (χ2v) is 7.87. The van der Waals surface area contributed by atoms with Gasteiger partial charge in [-0.1, -0.05) is 18.2 Å². The third-order valence-corrected chi connectivity index (χ3v) is 4.92. The van der Waals surface area contributed by atoms with Gasteiger partial charge < -0.3 is 9.64 Å². The van der Waals surface area contributed by atoms with Gasteiger partial charge in [0.05, 0.1) is 6.21 Å². The van der Waals surface area contributed by atoms with Crippen LogP contribution in [0.2, 0.25) is 0 Å². The highest BCUT2D eigenvalue weighted by Gasteiger charge is 2.05. The fourth-order valence-corrected chi connectivity index (χ4v) is 2.91. The van der Waals surface area contributed by atoms with Gasteiger partial charge in [-0.3, -0.25) is 4.79 Å². The van der Waals surface area contributed by atoms with E-state index < -0.39 is 0 Å². The summed E-state index contributed by atoms with van der Waals surface area (Å²) in [4.78, 5) is 14.2. The van der Waals surface area contributed by atoms with Gasteiger partial charge in [-0.25, -0.2) is 5.43 Å². The summed E-state index contributed by atoms with van der Waals surface area (Å²) in [5.74, 6) is 0.535. The number of carbonyl (C=O) groups is 1. The molecule has 0 spiro atoms. The summed E-state index contributed by atoms with van der Waals surface area (Å²) in [6.07, 6.45) is 1.61. The minimum Gasteiger partial charge on any atom is -0.489 e. The number of nitrogens with zero attached hydrogens (tertiary/aromatic N) is 2. The minimum atomic E-state index is -0.248. The van der Waals surface area contributed by atoms with Gasteiger partial charge in [0.15, 0.2) is 0 Å². The SMILES string of the molecule is CN(C)c1cccc(C(=O)N/N=C\c2ccc(OCc3ccc(I)cc3)cc2)c1. The van der Waals surface area contributed by atoms with E-state index in [1.807, 2.05) is 61.5 Å². The highest BCUT2D eigenvalue weighted by Crippen LogP contribution is 2.15. The van der Waals surface area contributed by atoms with E-state index in [-0.39, 0.29) is 5.91 Å². The summed E-state index contributed by atoms with van der Waals surface area (Å²) in [7, 11) is 3.87. The molecule has 0 fully saturated rings. The Morgan fingerprint density at radius 1 is 1.07 bits per heavy atom. The van der Waals surface area contributed by atoms with E-state index in [0.717, 1.165) is 22.6 Å². The van der Waals surface area contributed by atoms with Crippen LogP contribution in [0, 0.1) is 3.57 Å². The summed E-state index contributed by atoms with van der Waals surface area (Å²) >= 11 is 2.28. The molecule has 3 aromatic carbocycles. The largest absolute Gasteiger partial charge is 0.489 e. The first-order valence-corrected chi connectivity index (χ1v) is 10.2. The molecule has 0 atom stereocenters. The lowest BCUT2D eigenvalue weighted by molar-refractivity contribution is 0.0955. The van der Waals surface area contributed by atoms with Crippen molar-refractivity contribution < 1.29 is 9.53 Å². The summed E-state index contributed by atoms with van der Waals surface area (Å²) in [5.41, 5.74) is 6.07. The zero-order valence-corrected chi connectivity index (χ0v) is 18.5. The molecular formula is C23H22IN3O2. The van der Waals surface area contributed by atoms with Crippen molar-refractivity contribution in [3.8, 4) is 5.75 Å². The number of amides is 1. The van der Waals surface area contributed by atoms with Crippen LogP contribution in [0.15, 0.2) is 77.9 Å². The van der Waals surface area contributed by atoms with Crippen molar-refractivity contribution in [1.29, 1.82) is 0 Å². The molecule has 0 radical (unpaired) electrons. The van der Waals surface area contributed by atoms with E-state index >= 15 is 0 Å². The Kier molecular flexibility index (Phi) is 7.24. The van der Waals surface area contributed by atoms with E-state index in [2.05, 4.69) is 57.4 Å². The molecular weight excluding hydrogens is 477 g/mol. The topological polar surface area (TPSA) is 53.9 Å². The van der Waals surface area contributed by atoms with Crippen LogP contribution < -0.4 is 15.1 Å². The number of halogens is 1. The Morgan fingerprint density at radius 2 is 1.79 bits per heavy atom. The van der Waals surface area contributed by atoms with Crippen molar-refractivity contribution in [3.05, 3.63) is 93.1 Å². The summed E-state index contributed by atoms with van der Waals surface area (Å²) in [6.45, 7) is 0.520. The fraction of sp³-hybridized carbons (Fsp3) is 0.130. The lowest BCUT2D eigenvalue weighted by Crippen LogP contribution is -2.18. The molecule has 3 aromatic rings. The molecule has 0 saturated heterocycles. The zero-order chi connectivity index (χ0) is 20.6. The molecule has 1 amide bonds. The van der Waals surface area contributed by atoms with Crippen LogP contribution in [0.1, 0.15) is 21.5 Å². The Hall–Kier alpha value is -2.87. The molecule has 0 aliphatic carbocycles. The lowest BCUT2D eigenvalue weighted by atomic mass is 10.2. The van der Waals surface area contributed by atoms with Crippen LogP contribution in [0.4, 0.5) is 5.69 Å². The standard InChI is InChI=1S/C23H22IN3O2/c1-27(2)21-5-3-4-19(14-21)23(28)26-25-15-17-8-12-22(13-9-17)29-16-18-6-10-20(24)11-7-18/h3-15H,16H2,1-2H3,(H,26,28)/b25-15-. The van der Waals surface area contributed by atoms with Crippen molar-refractivity contribution >= 4 is 40.4 Å². The van der Waals surface area contributed by atoms with Crippen LogP contribution >= 0.6 is 22.6 Å². The third-order valence-electron chi connectivity index (χ3n) is 4.20. The van der Waals surface area contributed by atoms with Gasteiger partial charge in [0, 0.05) is 28.9 Å². The van der Waals surface area contributed by atoms with E-state index in [1.165, 1.54) is 3.57 Å². The van der Waals surface area contributed by atoms with Crippen LogP contribution in [-0.4, -0.2) is 26.2 Å². The average molecular weight is 499 g/mol. The molecule has 6 heteroatoms. The first-order valence-electron chi connectivity index (χ1n) is 9.09. The molecule has 0 bridgehead atoms. The molecule has 0 aromatic heterocycles. The van der Waals surface area contributed by atoms with Gasteiger partial charge in [-0.15, -0.1) is 0 Å². The molecule has 3 rings (SSSR count). The van der Waals surface area contributed by atoms with Gasteiger partial charge >= 0.3 is 0 Å². The highest BCUT2D eigenvalue weighted by atomic mass is 127. The van der Waals surface area contributed by atoms with E-state index in [9.17, 15) is 4.79 Å². The Labute approximate surface area is 184 Å². The molecule has 5 nitrogen and oxygen atoms in total. The minimum absolute atomic E-state index is 0.248. The molecule has 29 heavy (non-hydrogen) atoms. The number of hydrogen-bond acceptors (Lipinski definition) is 4. The smallest absolute Gasteiger partial charge is 0.271 e. The van der Waals surface area contributed by atoms with Crippen LogP contribution in [0.5, 0.6) is 5.75 Å². The number of carbonyl (C=O) groups excluding carboxylic acids is 1. The van der Waals surface area contributed by atoms with Crippen molar-refractivity contribution in [1.82, 2.24) is 5.43 Å². The predicted octanol–water partition coefficient (Wildman–Crippen LogP) is 4.70. The molecule has 0 heterocycles. The Balaban J connectivity index is 1.52. The fourth-order valence-electron chi connectivity index (χ4n) is 2.55. The summed E-state index contributed by atoms with van der Waals surface area (Å²) < 4.78 is 7.00. The average Bonchev–Trinajstić information content (AvgIpc) is 2.74. The summed E-state index contributed by atoms with van der Waals surface area (Å²) in [6, 6.07) is 23.2. The summed E-state index contributed by atoms with van der Waals surface area (Å²) in [5, 5.41) is 4.04. The zero-order valence-electron chi connectivity index (χ0n) is 16.3. The third kappa shape index (κ3) is 6.32. The Bertz CT molecular complexity index is 984. The molecule has 1 N–H and O–H groups in total. The molecule has 0 unspecified atom stereocenters. The second kappa shape index (κ2) is 10.1. The normalized spacial score (nSPS) is 10.7. The number of hydrazone groups is 1. The quantitative estimate of drug-likeness (QED) is 0.291. The number of nitrogens with one attached hydrogen (secondary N) is 1. The number of benzene rings is 3. The van der Waals surface area contributed by atoms with Crippen LogP contribution in [-0.2, 0) is 6.61 Å². The van der Waals surface area contributed by atoms with E-state index in [1.54, 1.807) is 12.3 Å². The monoisotopic (exact) mass is 499 g/mol. The maximum Gasteiger partial charge on any atom is 0.271 e. The predicted molar refractivity (Wildman–Crippen MR) is 126 cm³/mol. The maximum atomic E-state index is 12.2. The first kappa shape index (κ1) is 20.9. The van der Waals surface area contributed by atoms with Gasteiger partial charge in [0.2, 0.25) is 0 Å². The highest BCUT2D eigenvalue weighted by molar-refractivity contribution is 14.1. The van der Waals surface area contributed by atoms with E-state index in [0.29, 0.717) is 12.2 Å². The van der Waals surface area contributed by atoms with Crippen LogP contribution in [0.25, 0.3) is 0 Å². The molecule has 148 valence electrons. The van der Waals surface area contributed by atoms with Crippen molar-refractivity contribution in [2.75, 3.05) is 19.0 Å². The maximum absolute atomic E-state index is 12.2. The number of ether oxygens (including phenoxy) is 1. The number of anilines is 1. The Morgan fingerprint density at radius 3 is 2.48 bits per heavy atom. The second-order valence-electron chi connectivity index (χ2n) is 6.63. The van der Waals surface area contributed by atoms with Gasteiger partial charge in [0.25, 0.3) is 5.91 Å². The number of hydrogen-bond donors (Lipinski definition) is 1.